The van der Waals surface area contributed by atoms with Crippen molar-refractivity contribution in [2.75, 3.05) is 0 Å². The van der Waals surface area contributed by atoms with Crippen LogP contribution in [0.1, 0.15) is 37.5 Å². The molecule has 0 aliphatic rings. The summed E-state index contributed by atoms with van der Waals surface area (Å²) in [5.74, 6) is 0.793. The lowest BCUT2D eigenvalue weighted by atomic mass is 9.86. The van der Waals surface area contributed by atoms with Gasteiger partial charge < -0.3 is 10.2 Å². The van der Waals surface area contributed by atoms with E-state index in [1.54, 1.807) is 31.2 Å². The minimum absolute atomic E-state index is 0.207. The summed E-state index contributed by atoms with van der Waals surface area (Å²) in [4.78, 5) is 0. The molecule has 20 heavy (non-hydrogen) atoms. The maximum absolute atomic E-state index is 10.8. The Hall–Kier alpha value is -1.80. The molecular weight excluding hydrogens is 248 g/mol. The molecule has 0 fully saturated rings. The molecule has 1 atom stereocenters. The smallest absolute Gasteiger partial charge is 0.115 e. The summed E-state index contributed by atoms with van der Waals surface area (Å²) in [6.07, 6.45) is 1.000. The summed E-state index contributed by atoms with van der Waals surface area (Å²) in [6, 6.07) is 14.8. The second-order valence-electron chi connectivity index (χ2n) is 5.92. The number of phenols is 1. The second kappa shape index (κ2) is 5.68. The van der Waals surface area contributed by atoms with Crippen molar-refractivity contribution in [3.05, 3.63) is 65.2 Å². The van der Waals surface area contributed by atoms with Gasteiger partial charge in [0.15, 0.2) is 0 Å². The van der Waals surface area contributed by atoms with Crippen LogP contribution in [0.5, 0.6) is 5.75 Å². The van der Waals surface area contributed by atoms with E-state index in [1.165, 1.54) is 5.56 Å². The van der Waals surface area contributed by atoms with Gasteiger partial charge in [-0.2, -0.15) is 0 Å². The monoisotopic (exact) mass is 270 g/mol. The number of phenolic OH excluding ortho intramolecular Hbond substituents is 1. The predicted molar refractivity (Wildman–Crippen MR) is 81.8 cm³/mol. The first-order valence-corrected chi connectivity index (χ1v) is 7.01. The zero-order valence-corrected chi connectivity index (χ0v) is 12.3. The summed E-state index contributed by atoms with van der Waals surface area (Å²) in [5.41, 5.74) is 1.83. The minimum Gasteiger partial charge on any atom is -0.508 e. The van der Waals surface area contributed by atoms with Crippen LogP contribution in [0.15, 0.2) is 48.5 Å². The normalized spacial score (nSPS) is 14.2. The highest BCUT2D eigenvalue weighted by Gasteiger charge is 2.25. The number of aliphatic hydroxyl groups is 1. The van der Waals surface area contributed by atoms with Crippen molar-refractivity contribution in [2.45, 2.75) is 32.8 Å². The molecule has 2 aromatic carbocycles. The van der Waals surface area contributed by atoms with Crippen molar-refractivity contribution in [3.63, 3.8) is 0 Å². The molecule has 2 nitrogen and oxygen atoms in total. The highest BCUT2D eigenvalue weighted by molar-refractivity contribution is 5.39. The van der Waals surface area contributed by atoms with E-state index in [2.05, 4.69) is 26.0 Å². The molecule has 2 N–H and O–H groups in total. The van der Waals surface area contributed by atoms with Crippen LogP contribution in [0.3, 0.4) is 0 Å². The third-order valence-electron chi connectivity index (χ3n) is 3.56. The Labute approximate surface area is 120 Å². The molecule has 0 aliphatic carbocycles. The lowest BCUT2D eigenvalue weighted by Gasteiger charge is -2.25. The van der Waals surface area contributed by atoms with Crippen LogP contribution >= 0.6 is 0 Å². The first kappa shape index (κ1) is 14.6. The third-order valence-corrected chi connectivity index (χ3v) is 3.56. The van der Waals surface area contributed by atoms with Crippen molar-refractivity contribution in [2.24, 2.45) is 5.92 Å². The molecule has 2 heteroatoms. The molecule has 1 unspecified atom stereocenters. The molecule has 2 rings (SSSR count). The maximum atomic E-state index is 10.8. The van der Waals surface area contributed by atoms with Gasteiger partial charge in [-0.25, -0.2) is 0 Å². The third kappa shape index (κ3) is 3.20. The van der Waals surface area contributed by atoms with Gasteiger partial charge in [0.25, 0.3) is 0 Å². The standard InChI is InChI=1S/C18H22O2/c1-13(2)11-14-5-4-6-16(12-14)18(3,20)15-7-9-17(19)10-8-15/h4-10,12-13,19-20H,11H2,1-3H3. The molecule has 2 aromatic rings. The number of benzene rings is 2. The molecule has 0 aliphatic heterocycles. The van der Waals surface area contributed by atoms with Gasteiger partial charge in [-0.15, -0.1) is 0 Å². The van der Waals surface area contributed by atoms with E-state index in [1.807, 2.05) is 12.1 Å². The first-order valence-electron chi connectivity index (χ1n) is 7.01. The summed E-state index contributed by atoms with van der Waals surface area (Å²) in [6.45, 7) is 6.16. The van der Waals surface area contributed by atoms with Crippen LogP contribution in [0.2, 0.25) is 0 Å². The van der Waals surface area contributed by atoms with Gasteiger partial charge in [0.2, 0.25) is 0 Å². The fourth-order valence-electron chi connectivity index (χ4n) is 2.43. The molecule has 0 radical (unpaired) electrons. The number of aromatic hydroxyl groups is 1. The highest BCUT2D eigenvalue weighted by Crippen LogP contribution is 2.30. The van der Waals surface area contributed by atoms with Crippen molar-refractivity contribution in [1.82, 2.24) is 0 Å². The Bertz CT molecular complexity index is 568. The molecule has 0 saturated heterocycles. The Balaban J connectivity index is 2.35. The van der Waals surface area contributed by atoms with Gasteiger partial charge in [-0.05, 0) is 48.1 Å². The first-order chi connectivity index (χ1) is 9.39. The zero-order valence-electron chi connectivity index (χ0n) is 12.3. The van der Waals surface area contributed by atoms with Crippen LogP contribution < -0.4 is 0 Å². The van der Waals surface area contributed by atoms with Crippen LogP contribution in [0.4, 0.5) is 0 Å². The lowest BCUT2D eigenvalue weighted by molar-refractivity contribution is 0.102. The molecule has 0 aromatic heterocycles. The topological polar surface area (TPSA) is 40.5 Å². The summed E-state index contributed by atoms with van der Waals surface area (Å²) in [7, 11) is 0. The predicted octanol–water partition coefficient (Wildman–Crippen LogP) is 3.85. The summed E-state index contributed by atoms with van der Waals surface area (Å²) in [5, 5.41) is 20.2. The van der Waals surface area contributed by atoms with Gasteiger partial charge >= 0.3 is 0 Å². The van der Waals surface area contributed by atoms with Crippen molar-refractivity contribution >= 4 is 0 Å². The fraction of sp³-hybridized carbons (Fsp3) is 0.333. The van der Waals surface area contributed by atoms with E-state index in [4.69, 9.17) is 0 Å². The van der Waals surface area contributed by atoms with E-state index in [0.717, 1.165) is 17.5 Å². The van der Waals surface area contributed by atoms with E-state index in [0.29, 0.717) is 5.92 Å². The maximum Gasteiger partial charge on any atom is 0.115 e. The molecular formula is C18H22O2. The van der Waals surface area contributed by atoms with Crippen LogP contribution in [0, 0.1) is 5.92 Å². The summed E-state index contributed by atoms with van der Waals surface area (Å²) >= 11 is 0. The Morgan fingerprint density at radius 1 is 1.00 bits per heavy atom. The lowest BCUT2D eigenvalue weighted by Crippen LogP contribution is -2.22. The number of hydrogen-bond donors (Lipinski definition) is 2. The number of hydrogen-bond acceptors (Lipinski definition) is 2. The van der Waals surface area contributed by atoms with Crippen molar-refractivity contribution < 1.29 is 10.2 Å². The average molecular weight is 270 g/mol. The quantitative estimate of drug-likeness (QED) is 0.886. The van der Waals surface area contributed by atoms with Crippen LogP contribution in [0.25, 0.3) is 0 Å². The van der Waals surface area contributed by atoms with Gasteiger partial charge in [0, 0.05) is 0 Å². The largest absolute Gasteiger partial charge is 0.508 e. The van der Waals surface area contributed by atoms with E-state index in [9.17, 15) is 10.2 Å². The highest BCUT2D eigenvalue weighted by atomic mass is 16.3. The second-order valence-corrected chi connectivity index (χ2v) is 5.92. The van der Waals surface area contributed by atoms with Gasteiger partial charge in [-0.1, -0.05) is 50.2 Å². The van der Waals surface area contributed by atoms with Gasteiger partial charge in [0.05, 0.1) is 0 Å². The molecule has 0 bridgehead atoms. The summed E-state index contributed by atoms with van der Waals surface area (Å²) < 4.78 is 0. The fourth-order valence-corrected chi connectivity index (χ4v) is 2.43. The molecule has 106 valence electrons. The van der Waals surface area contributed by atoms with Crippen molar-refractivity contribution in [1.29, 1.82) is 0 Å². The molecule has 0 amide bonds. The van der Waals surface area contributed by atoms with E-state index < -0.39 is 5.60 Å². The van der Waals surface area contributed by atoms with Crippen molar-refractivity contribution in [3.8, 4) is 5.75 Å². The Morgan fingerprint density at radius 3 is 2.25 bits per heavy atom. The number of rotatable bonds is 4. The minimum atomic E-state index is -1.05. The average Bonchev–Trinajstić information content (AvgIpc) is 2.39. The zero-order chi connectivity index (χ0) is 14.8. The van der Waals surface area contributed by atoms with Crippen LogP contribution in [-0.4, -0.2) is 10.2 Å². The van der Waals surface area contributed by atoms with Gasteiger partial charge in [0.1, 0.15) is 11.4 Å². The van der Waals surface area contributed by atoms with Crippen LogP contribution in [-0.2, 0) is 12.0 Å². The van der Waals surface area contributed by atoms with E-state index >= 15 is 0 Å². The Morgan fingerprint density at radius 2 is 1.65 bits per heavy atom. The SMILES string of the molecule is CC(C)Cc1cccc(C(C)(O)c2ccc(O)cc2)c1. The van der Waals surface area contributed by atoms with Gasteiger partial charge in [-0.3, -0.25) is 0 Å². The molecule has 0 spiro atoms. The Kier molecular flexibility index (Phi) is 4.15. The van der Waals surface area contributed by atoms with E-state index in [-0.39, 0.29) is 5.75 Å². The molecule has 0 saturated carbocycles. The molecule has 0 heterocycles.